The minimum Gasteiger partial charge on any atom is -0.493 e. The fraction of sp³-hybridized carbons (Fsp3) is 0.318. The summed E-state index contributed by atoms with van der Waals surface area (Å²) in [7, 11) is 4.44. The van der Waals surface area contributed by atoms with Gasteiger partial charge in [0.2, 0.25) is 17.6 Å². The molecule has 1 fully saturated rings. The first kappa shape index (κ1) is 25.0. The first-order valence-corrected chi connectivity index (χ1v) is 11.8. The number of thioether (sulfide) groups is 1. The second-order valence-corrected chi connectivity index (χ2v) is 8.86. The highest BCUT2D eigenvalue weighted by Crippen LogP contribution is 2.40. The molecule has 2 heterocycles. The van der Waals surface area contributed by atoms with E-state index in [-0.39, 0.29) is 27.8 Å². The Labute approximate surface area is 210 Å². The fourth-order valence-corrected chi connectivity index (χ4v) is 4.73. The van der Waals surface area contributed by atoms with Gasteiger partial charge in [0.25, 0.3) is 0 Å². The fourth-order valence-electron chi connectivity index (χ4n) is 3.71. The maximum absolute atomic E-state index is 13.7. The Morgan fingerprint density at radius 1 is 1.23 bits per heavy atom. The number of hydrogen-bond acceptors (Lipinski definition) is 9. The molecule has 2 unspecified atom stereocenters. The van der Waals surface area contributed by atoms with Crippen LogP contribution in [-0.2, 0) is 9.59 Å². The molecule has 4 rings (SSSR count). The molecule has 0 radical (unpaired) electrons. The largest absolute Gasteiger partial charge is 0.493 e. The number of hydrogen-bond donors (Lipinski definition) is 3. The molecule has 35 heavy (non-hydrogen) atoms. The van der Waals surface area contributed by atoms with Gasteiger partial charge in [-0.25, -0.2) is 14.8 Å². The molecule has 2 amide bonds. The highest BCUT2D eigenvalue weighted by Gasteiger charge is 2.42. The molecule has 3 N–H and O–H groups in total. The van der Waals surface area contributed by atoms with Crippen molar-refractivity contribution in [2.24, 2.45) is 10.9 Å². The molecule has 186 valence electrons. The molecule has 2 aliphatic rings. The lowest BCUT2D eigenvalue weighted by Gasteiger charge is -2.32. The zero-order chi connectivity index (χ0) is 25.1. The maximum atomic E-state index is 13.7. The van der Waals surface area contributed by atoms with E-state index in [4.69, 9.17) is 25.8 Å². The third-order valence-corrected chi connectivity index (χ3v) is 6.62. The number of carbonyl (C=O) groups excluding carboxylic acids is 2. The first-order chi connectivity index (χ1) is 16.9. The van der Waals surface area contributed by atoms with Crippen LogP contribution in [0, 0.1) is 11.7 Å². The van der Waals surface area contributed by atoms with Crippen molar-refractivity contribution in [2.45, 2.75) is 6.17 Å². The van der Waals surface area contributed by atoms with E-state index < -0.39 is 17.9 Å². The van der Waals surface area contributed by atoms with Gasteiger partial charge in [-0.15, -0.1) is 0 Å². The number of fused-ring (bicyclic) bond motifs is 1. The van der Waals surface area contributed by atoms with Crippen molar-refractivity contribution in [3.63, 3.8) is 0 Å². The lowest BCUT2D eigenvalue weighted by Crippen LogP contribution is -2.49. The molecule has 0 aliphatic carbocycles. The Hall–Kier alpha value is -3.06. The standard InChI is InChI=1S/C22H23ClFN5O5S/c1-32-16-6-11(7-17(33-2)19(16)34-3)26-18(30)10-35-22-27-20-13(9-25-28-20)21(31)29(22)12-4-5-15(24)14(23)8-12/h4-8,13,20,25,28H,9-10H2,1-3H3,(H,26,30). The summed E-state index contributed by atoms with van der Waals surface area (Å²) in [5.74, 6) is -0.510. The number of benzene rings is 2. The summed E-state index contributed by atoms with van der Waals surface area (Å²) in [5, 5.41) is 2.94. The number of nitrogens with zero attached hydrogens (tertiary/aromatic N) is 2. The first-order valence-electron chi connectivity index (χ1n) is 10.4. The predicted octanol–water partition coefficient (Wildman–Crippen LogP) is 2.63. The van der Waals surface area contributed by atoms with E-state index in [2.05, 4.69) is 21.2 Å². The van der Waals surface area contributed by atoms with Gasteiger partial charge in [-0.05, 0) is 18.2 Å². The van der Waals surface area contributed by atoms with Gasteiger partial charge in [-0.3, -0.25) is 19.9 Å². The van der Waals surface area contributed by atoms with E-state index in [1.54, 1.807) is 12.1 Å². The second-order valence-electron chi connectivity index (χ2n) is 7.51. The number of methoxy groups -OCH3 is 3. The molecule has 2 aromatic carbocycles. The second kappa shape index (κ2) is 10.7. The number of ether oxygens (including phenoxy) is 3. The third kappa shape index (κ3) is 5.15. The molecule has 2 aliphatic heterocycles. The molecule has 0 spiro atoms. The molecular weight excluding hydrogens is 501 g/mol. The zero-order valence-electron chi connectivity index (χ0n) is 19.1. The number of hydrazine groups is 1. The van der Waals surface area contributed by atoms with Crippen LogP contribution in [0.25, 0.3) is 0 Å². The molecule has 10 nitrogen and oxygen atoms in total. The van der Waals surface area contributed by atoms with Crippen molar-refractivity contribution in [1.82, 2.24) is 10.9 Å². The Morgan fingerprint density at radius 3 is 2.57 bits per heavy atom. The summed E-state index contributed by atoms with van der Waals surface area (Å²) < 4.78 is 29.6. The summed E-state index contributed by atoms with van der Waals surface area (Å²) in [6.07, 6.45) is -0.477. The van der Waals surface area contributed by atoms with Crippen LogP contribution in [0.1, 0.15) is 0 Å². The van der Waals surface area contributed by atoms with Crippen LogP contribution in [-0.4, -0.2) is 56.8 Å². The molecule has 1 saturated heterocycles. The number of amidine groups is 1. The van der Waals surface area contributed by atoms with Gasteiger partial charge in [-0.1, -0.05) is 23.4 Å². The van der Waals surface area contributed by atoms with E-state index in [9.17, 15) is 14.0 Å². The van der Waals surface area contributed by atoms with Crippen LogP contribution < -0.4 is 35.3 Å². The average molecular weight is 524 g/mol. The van der Waals surface area contributed by atoms with Gasteiger partial charge in [0.1, 0.15) is 12.0 Å². The Kier molecular flexibility index (Phi) is 7.65. The zero-order valence-corrected chi connectivity index (χ0v) is 20.6. The smallest absolute Gasteiger partial charge is 0.241 e. The Morgan fingerprint density at radius 2 is 1.94 bits per heavy atom. The van der Waals surface area contributed by atoms with E-state index in [0.717, 1.165) is 11.8 Å². The Balaban J connectivity index is 1.53. The van der Waals surface area contributed by atoms with E-state index in [0.29, 0.717) is 35.2 Å². The van der Waals surface area contributed by atoms with Gasteiger partial charge < -0.3 is 19.5 Å². The third-order valence-electron chi connectivity index (χ3n) is 5.37. The van der Waals surface area contributed by atoms with Crippen LogP contribution in [0.4, 0.5) is 15.8 Å². The van der Waals surface area contributed by atoms with Crippen molar-refractivity contribution >= 4 is 51.7 Å². The maximum Gasteiger partial charge on any atom is 0.241 e. The van der Waals surface area contributed by atoms with Crippen molar-refractivity contribution in [3.05, 3.63) is 41.2 Å². The van der Waals surface area contributed by atoms with Crippen molar-refractivity contribution in [2.75, 3.05) is 43.8 Å². The number of anilines is 2. The van der Waals surface area contributed by atoms with Crippen molar-refractivity contribution < 1.29 is 28.2 Å². The molecule has 0 saturated carbocycles. The molecule has 0 aromatic heterocycles. The minimum atomic E-state index is -0.599. The predicted molar refractivity (Wildman–Crippen MR) is 132 cm³/mol. The summed E-state index contributed by atoms with van der Waals surface area (Å²) >= 11 is 7.02. The summed E-state index contributed by atoms with van der Waals surface area (Å²) in [5.41, 5.74) is 6.68. The molecular formula is C22H23ClFN5O5S. The number of amides is 2. The van der Waals surface area contributed by atoms with Gasteiger partial charge in [0, 0.05) is 24.4 Å². The van der Waals surface area contributed by atoms with Crippen LogP contribution in [0.5, 0.6) is 17.2 Å². The number of aliphatic imine (C=N–C) groups is 1. The van der Waals surface area contributed by atoms with Crippen molar-refractivity contribution in [3.8, 4) is 17.2 Å². The average Bonchev–Trinajstić information content (AvgIpc) is 3.33. The van der Waals surface area contributed by atoms with Crippen LogP contribution in [0.3, 0.4) is 0 Å². The molecule has 2 atom stereocenters. The van der Waals surface area contributed by atoms with Gasteiger partial charge >= 0.3 is 0 Å². The molecule has 13 heteroatoms. The number of nitrogens with one attached hydrogen (secondary N) is 3. The van der Waals surface area contributed by atoms with E-state index >= 15 is 0 Å². The topological polar surface area (TPSA) is 114 Å². The lowest BCUT2D eigenvalue weighted by molar-refractivity contribution is -0.121. The quantitative estimate of drug-likeness (QED) is 0.507. The summed E-state index contributed by atoms with van der Waals surface area (Å²) in [6.45, 7) is 0.387. The number of rotatable bonds is 7. The molecule has 2 aromatic rings. The summed E-state index contributed by atoms with van der Waals surface area (Å²) in [4.78, 5) is 31.9. The van der Waals surface area contributed by atoms with Gasteiger partial charge in [0.15, 0.2) is 16.7 Å². The SMILES string of the molecule is COc1cc(NC(=O)CSC2=NC3NNCC3C(=O)N2c2ccc(F)c(Cl)c2)cc(OC)c1OC. The molecule has 0 bridgehead atoms. The van der Waals surface area contributed by atoms with Crippen LogP contribution >= 0.6 is 23.4 Å². The van der Waals surface area contributed by atoms with Gasteiger partial charge in [-0.2, -0.15) is 0 Å². The number of carbonyl (C=O) groups is 2. The highest BCUT2D eigenvalue weighted by molar-refractivity contribution is 8.14. The van der Waals surface area contributed by atoms with Gasteiger partial charge in [0.05, 0.1) is 43.7 Å². The summed E-state index contributed by atoms with van der Waals surface area (Å²) in [6, 6.07) is 7.20. The Bertz CT molecular complexity index is 1160. The van der Waals surface area contributed by atoms with Crippen molar-refractivity contribution in [1.29, 1.82) is 0 Å². The lowest BCUT2D eigenvalue weighted by atomic mass is 10.0. The minimum absolute atomic E-state index is 0.0565. The number of halogens is 2. The van der Waals surface area contributed by atoms with E-state index in [1.165, 1.54) is 44.4 Å². The normalized spacial score (nSPS) is 19.2. The van der Waals surface area contributed by atoms with E-state index in [1.807, 2.05) is 0 Å². The monoisotopic (exact) mass is 523 g/mol. The van der Waals surface area contributed by atoms with Crippen LogP contribution in [0.15, 0.2) is 35.3 Å². The highest BCUT2D eigenvalue weighted by atomic mass is 35.5. The van der Waals surface area contributed by atoms with Crippen LogP contribution in [0.2, 0.25) is 5.02 Å².